The Balaban J connectivity index is 1.93. The van der Waals surface area contributed by atoms with Crippen molar-refractivity contribution in [3.63, 3.8) is 0 Å². The van der Waals surface area contributed by atoms with Gasteiger partial charge in [0.1, 0.15) is 28.9 Å². The summed E-state index contributed by atoms with van der Waals surface area (Å²) in [5.41, 5.74) is -0.899. The van der Waals surface area contributed by atoms with E-state index in [4.69, 9.17) is 23.7 Å². The van der Waals surface area contributed by atoms with E-state index in [9.17, 15) is 4.79 Å². The predicted molar refractivity (Wildman–Crippen MR) is 153 cm³/mol. The largest absolute Gasteiger partial charge is 0.497 e. The molecule has 2 aliphatic rings. The van der Waals surface area contributed by atoms with Gasteiger partial charge in [0.15, 0.2) is 16.9 Å². The van der Waals surface area contributed by atoms with Gasteiger partial charge in [0.25, 0.3) is 0 Å². The van der Waals surface area contributed by atoms with Gasteiger partial charge in [-0.15, -0.1) is 0 Å². The van der Waals surface area contributed by atoms with Gasteiger partial charge in [-0.1, -0.05) is 42.5 Å². The van der Waals surface area contributed by atoms with Gasteiger partial charge in [-0.2, -0.15) is 0 Å². The van der Waals surface area contributed by atoms with Crippen molar-refractivity contribution >= 4 is 11.7 Å². The molecule has 0 aromatic heterocycles. The first-order chi connectivity index (χ1) is 19.8. The molecule has 0 saturated heterocycles. The highest BCUT2D eigenvalue weighted by Gasteiger charge is 2.78. The number of amides is 1. The smallest absolute Gasteiger partial charge is 0.233 e. The van der Waals surface area contributed by atoms with E-state index >= 15 is 4.79 Å². The zero-order valence-electron chi connectivity index (χ0n) is 24.2. The molecule has 1 amide bonds. The Morgan fingerprint density at radius 2 is 1.61 bits per heavy atom. The number of fused-ring (bicyclic) bond motifs is 3. The van der Waals surface area contributed by atoms with Gasteiger partial charge in [0, 0.05) is 45.8 Å². The maximum atomic E-state index is 15.2. The van der Waals surface area contributed by atoms with E-state index < -0.39 is 23.0 Å². The van der Waals surface area contributed by atoms with Crippen LogP contribution in [0, 0.1) is 5.92 Å². The molecule has 1 aliphatic heterocycles. The fourth-order valence-electron chi connectivity index (χ4n) is 6.51. The fraction of sp³-hybridized carbons (Fsp3) is 0.375. The van der Waals surface area contributed by atoms with Gasteiger partial charge >= 0.3 is 0 Å². The van der Waals surface area contributed by atoms with E-state index in [0.29, 0.717) is 47.3 Å². The van der Waals surface area contributed by atoms with Crippen molar-refractivity contribution < 1.29 is 33.3 Å². The number of benzene rings is 3. The number of nitrogens with zero attached hydrogens (tertiary/aromatic N) is 1. The number of nitrogens with one attached hydrogen (secondary N) is 1. The first-order valence-corrected chi connectivity index (χ1v) is 13.4. The molecule has 0 bridgehead atoms. The summed E-state index contributed by atoms with van der Waals surface area (Å²) in [6, 6.07) is 20.6. The zero-order chi connectivity index (χ0) is 29.4. The minimum Gasteiger partial charge on any atom is -0.497 e. The Labute approximate surface area is 240 Å². The maximum absolute atomic E-state index is 15.2. The molecule has 4 atom stereocenters. The van der Waals surface area contributed by atoms with Gasteiger partial charge in [-0.25, -0.2) is 0 Å². The Hall–Kier alpha value is -4.08. The van der Waals surface area contributed by atoms with Crippen LogP contribution in [0.15, 0.2) is 66.7 Å². The molecule has 1 N–H and O–H groups in total. The highest BCUT2D eigenvalue weighted by Crippen LogP contribution is 2.69. The summed E-state index contributed by atoms with van der Waals surface area (Å²) in [6.07, 6.45) is 0. The molecule has 5 rings (SSSR count). The average molecular weight is 561 g/mol. The van der Waals surface area contributed by atoms with Crippen LogP contribution in [0.2, 0.25) is 0 Å². The van der Waals surface area contributed by atoms with E-state index in [1.807, 2.05) is 54.6 Å². The number of hydrogen-bond acceptors (Lipinski definition) is 8. The molecule has 1 heterocycles. The van der Waals surface area contributed by atoms with Crippen molar-refractivity contribution in [3.8, 4) is 23.0 Å². The van der Waals surface area contributed by atoms with E-state index in [0.717, 1.165) is 5.56 Å². The number of carbonyl (C=O) groups is 2. The third-order valence-electron chi connectivity index (χ3n) is 8.20. The molecule has 0 radical (unpaired) electrons. The Morgan fingerprint density at radius 3 is 2.20 bits per heavy atom. The van der Waals surface area contributed by atoms with Gasteiger partial charge < -0.3 is 28.6 Å². The molecule has 1 fully saturated rings. The third kappa shape index (κ3) is 4.14. The second-order valence-electron chi connectivity index (χ2n) is 10.4. The van der Waals surface area contributed by atoms with E-state index in [1.165, 1.54) is 4.90 Å². The standard InChI is InChI=1S/C32H36N2O7/c1-34(2)30(36)26-27(20-10-8-7-9-11-20)32(21-12-14-22(38-4)15-13-21)31(29(26)35,33-16-17-37-3)28-24(40-6)18-23(39-5)19-25(28)41-32/h7-15,18-19,26-27,33H,16-17H2,1-6H3/t26-,27-,31+,32+/m1/s1. The first kappa shape index (κ1) is 28.4. The Bertz CT molecular complexity index is 1430. The number of ether oxygens (including phenoxy) is 5. The lowest BCUT2D eigenvalue weighted by Crippen LogP contribution is -2.60. The lowest BCUT2D eigenvalue weighted by molar-refractivity contribution is -0.140. The van der Waals surface area contributed by atoms with Crippen LogP contribution >= 0.6 is 0 Å². The van der Waals surface area contributed by atoms with Crippen LogP contribution in [0.5, 0.6) is 23.0 Å². The van der Waals surface area contributed by atoms with Crippen molar-refractivity contribution in [1.29, 1.82) is 0 Å². The number of ketones is 1. The topological polar surface area (TPSA) is 95.6 Å². The molecule has 0 unspecified atom stereocenters. The molecule has 1 saturated carbocycles. The van der Waals surface area contributed by atoms with E-state index in [2.05, 4.69) is 5.32 Å². The van der Waals surface area contributed by atoms with Crippen LogP contribution in [-0.2, 0) is 25.5 Å². The summed E-state index contributed by atoms with van der Waals surface area (Å²) >= 11 is 0. The minimum absolute atomic E-state index is 0.306. The number of methoxy groups -OCH3 is 4. The van der Waals surface area contributed by atoms with Crippen molar-refractivity contribution in [3.05, 3.63) is 83.4 Å². The average Bonchev–Trinajstić information content (AvgIpc) is 3.41. The van der Waals surface area contributed by atoms with E-state index in [-0.39, 0.29) is 11.7 Å². The summed E-state index contributed by atoms with van der Waals surface area (Å²) in [5.74, 6) is -0.371. The van der Waals surface area contributed by atoms with Crippen LogP contribution < -0.4 is 24.3 Å². The lowest BCUT2D eigenvalue weighted by atomic mass is 9.68. The number of rotatable bonds is 10. The molecule has 9 heteroatoms. The quantitative estimate of drug-likeness (QED) is 0.298. The highest BCUT2D eigenvalue weighted by molar-refractivity contribution is 6.12. The van der Waals surface area contributed by atoms with Crippen molar-refractivity contribution in [2.24, 2.45) is 5.92 Å². The van der Waals surface area contributed by atoms with Crippen molar-refractivity contribution in [1.82, 2.24) is 10.2 Å². The minimum atomic E-state index is -1.52. The van der Waals surface area contributed by atoms with E-state index in [1.54, 1.807) is 54.7 Å². The molecule has 3 aromatic carbocycles. The van der Waals surface area contributed by atoms with Crippen LogP contribution in [0.1, 0.15) is 22.6 Å². The summed E-state index contributed by atoms with van der Waals surface area (Å²) in [4.78, 5) is 30.7. The SMILES string of the molecule is COCCN[C@@]12C(=O)[C@H](C(=O)N(C)C)[C@@H](c3ccccc3)[C@]1(c1ccc(OC)cc1)Oc1cc(OC)cc(OC)c12. The van der Waals surface area contributed by atoms with Gasteiger partial charge in [-0.05, 0) is 23.3 Å². The number of carbonyl (C=O) groups excluding carboxylic acids is 2. The Morgan fingerprint density at radius 1 is 0.927 bits per heavy atom. The summed E-state index contributed by atoms with van der Waals surface area (Å²) in [6.45, 7) is 0.631. The lowest BCUT2D eigenvalue weighted by Gasteiger charge is -2.43. The van der Waals surface area contributed by atoms with Gasteiger partial charge in [-0.3, -0.25) is 14.9 Å². The molecule has 41 heavy (non-hydrogen) atoms. The van der Waals surface area contributed by atoms with Gasteiger partial charge in [0.2, 0.25) is 5.91 Å². The van der Waals surface area contributed by atoms with Crippen LogP contribution in [-0.4, -0.2) is 72.3 Å². The second kappa shape index (κ2) is 11.1. The number of hydrogen-bond donors (Lipinski definition) is 1. The zero-order valence-corrected chi connectivity index (χ0v) is 24.2. The normalized spacial score (nSPS) is 24.3. The number of Topliss-reactive ketones (excluding diaryl/α,β-unsaturated/α-hetero) is 1. The molecular formula is C32H36N2O7. The van der Waals surface area contributed by atoms with Crippen LogP contribution in [0.25, 0.3) is 0 Å². The maximum Gasteiger partial charge on any atom is 0.233 e. The highest BCUT2D eigenvalue weighted by atomic mass is 16.5. The molecule has 9 nitrogen and oxygen atoms in total. The molecule has 1 aliphatic carbocycles. The summed E-state index contributed by atoms with van der Waals surface area (Å²) < 4.78 is 29.4. The predicted octanol–water partition coefficient (Wildman–Crippen LogP) is 3.50. The molecule has 216 valence electrons. The molecule has 0 spiro atoms. The van der Waals surface area contributed by atoms with Crippen LogP contribution in [0.3, 0.4) is 0 Å². The van der Waals surface area contributed by atoms with Crippen molar-refractivity contribution in [2.45, 2.75) is 17.1 Å². The molecular weight excluding hydrogens is 524 g/mol. The monoisotopic (exact) mass is 560 g/mol. The summed E-state index contributed by atoms with van der Waals surface area (Å²) in [5, 5.41) is 3.55. The van der Waals surface area contributed by atoms with Gasteiger partial charge in [0.05, 0.1) is 33.5 Å². The first-order valence-electron chi connectivity index (χ1n) is 13.4. The molecule has 3 aromatic rings. The fourth-order valence-corrected chi connectivity index (χ4v) is 6.51. The van der Waals surface area contributed by atoms with Crippen molar-refractivity contribution in [2.75, 3.05) is 55.7 Å². The second-order valence-corrected chi connectivity index (χ2v) is 10.4. The third-order valence-corrected chi connectivity index (χ3v) is 8.20. The Kier molecular flexibility index (Phi) is 7.68. The summed E-state index contributed by atoms with van der Waals surface area (Å²) in [7, 11) is 9.63. The van der Waals surface area contributed by atoms with Crippen LogP contribution in [0.4, 0.5) is 0 Å².